The number of carbonyl (C=O) groups excluding carboxylic acids is 3. The summed E-state index contributed by atoms with van der Waals surface area (Å²) in [7, 11) is 0. The fourth-order valence-corrected chi connectivity index (χ4v) is 5.40. The Morgan fingerprint density at radius 1 is 1.21 bits per heavy atom. The summed E-state index contributed by atoms with van der Waals surface area (Å²) in [6.07, 6.45) is 4.48. The van der Waals surface area contributed by atoms with E-state index in [1.807, 2.05) is 48.9 Å². The third-order valence-corrected chi connectivity index (χ3v) is 7.01. The number of esters is 1. The molecule has 1 atom stereocenters. The summed E-state index contributed by atoms with van der Waals surface area (Å²) in [4.78, 5) is 38.0. The molecule has 0 saturated heterocycles. The van der Waals surface area contributed by atoms with Gasteiger partial charge in [-0.3, -0.25) is 9.59 Å². The Morgan fingerprint density at radius 3 is 2.65 bits per heavy atom. The second kappa shape index (κ2) is 9.64. The quantitative estimate of drug-likeness (QED) is 0.397. The minimum atomic E-state index is -1.05. The Bertz CT molecular complexity index is 1290. The fourth-order valence-electron chi connectivity index (χ4n) is 4.10. The van der Waals surface area contributed by atoms with Crippen molar-refractivity contribution < 1.29 is 19.1 Å². The third kappa shape index (κ3) is 4.65. The Hall–Kier alpha value is -3.72. The Labute approximate surface area is 201 Å². The van der Waals surface area contributed by atoms with Crippen molar-refractivity contribution >= 4 is 40.2 Å². The highest BCUT2D eigenvalue weighted by Crippen LogP contribution is 2.38. The highest BCUT2D eigenvalue weighted by Gasteiger charge is 2.27. The average Bonchev–Trinajstić information content (AvgIpc) is 3.46. The van der Waals surface area contributed by atoms with Gasteiger partial charge in [-0.25, -0.2) is 9.48 Å². The van der Waals surface area contributed by atoms with Gasteiger partial charge in [0.2, 0.25) is 0 Å². The lowest BCUT2D eigenvalue weighted by atomic mass is 10.1. The predicted octanol–water partition coefficient (Wildman–Crippen LogP) is 3.72. The van der Waals surface area contributed by atoms with Crippen LogP contribution in [0.25, 0.3) is 11.8 Å². The maximum absolute atomic E-state index is 12.6. The molecule has 0 radical (unpaired) electrons. The number of anilines is 1. The molecule has 2 heterocycles. The Morgan fingerprint density at radius 2 is 1.94 bits per heavy atom. The zero-order valence-electron chi connectivity index (χ0n) is 19.3. The van der Waals surface area contributed by atoms with Crippen molar-refractivity contribution in [3.63, 3.8) is 0 Å². The standard InChI is InChI=1S/C25H26N4O4S/c1-14-18(15(2)29(28-14)17-8-5-4-6-9-17)12-13-21(30)33-16(3)24(32)27-25-22(23(26)31)19-10-7-11-20(19)34-25/h4-6,8-9,12-13,16H,7,10-11H2,1-3H3,(H2,26,31)(H,27,32)/b13-12+. The van der Waals surface area contributed by atoms with Crippen LogP contribution >= 0.6 is 11.3 Å². The maximum atomic E-state index is 12.6. The van der Waals surface area contributed by atoms with Crippen LogP contribution in [0.15, 0.2) is 36.4 Å². The number of aromatic nitrogens is 2. The molecule has 3 N–H and O–H groups in total. The lowest BCUT2D eigenvalue weighted by Crippen LogP contribution is -2.30. The van der Waals surface area contributed by atoms with Crippen LogP contribution in [-0.2, 0) is 27.2 Å². The van der Waals surface area contributed by atoms with Crippen LogP contribution in [0, 0.1) is 13.8 Å². The second-order valence-corrected chi connectivity index (χ2v) is 9.26. The van der Waals surface area contributed by atoms with Crippen LogP contribution in [0.5, 0.6) is 0 Å². The van der Waals surface area contributed by atoms with Gasteiger partial charge in [0.25, 0.3) is 11.8 Å². The summed E-state index contributed by atoms with van der Waals surface area (Å²) in [5.74, 6) is -1.74. The molecule has 0 saturated carbocycles. The molecular weight excluding hydrogens is 452 g/mol. The lowest BCUT2D eigenvalue weighted by molar-refractivity contribution is -0.148. The molecule has 176 valence electrons. The number of para-hydroxylation sites is 1. The number of benzene rings is 1. The van der Waals surface area contributed by atoms with E-state index in [1.54, 1.807) is 6.08 Å². The van der Waals surface area contributed by atoms with Crippen molar-refractivity contribution in [2.24, 2.45) is 5.73 Å². The molecule has 1 unspecified atom stereocenters. The molecule has 2 aromatic heterocycles. The molecule has 34 heavy (non-hydrogen) atoms. The van der Waals surface area contributed by atoms with E-state index in [0.29, 0.717) is 10.6 Å². The fraction of sp³-hybridized carbons (Fsp3) is 0.280. The Balaban J connectivity index is 1.42. The molecule has 2 amide bonds. The zero-order valence-corrected chi connectivity index (χ0v) is 20.1. The summed E-state index contributed by atoms with van der Waals surface area (Å²) < 4.78 is 7.09. The molecule has 0 fully saturated rings. The predicted molar refractivity (Wildman–Crippen MR) is 131 cm³/mol. The van der Waals surface area contributed by atoms with Crippen molar-refractivity contribution in [3.8, 4) is 5.69 Å². The molecule has 3 aromatic rings. The van der Waals surface area contributed by atoms with Crippen LogP contribution in [-0.4, -0.2) is 33.7 Å². The molecule has 1 aromatic carbocycles. The van der Waals surface area contributed by atoms with E-state index in [4.69, 9.17) is 10.5 Å². The van der Waals surface area contributed by atoms with E-state index in [0.717, 1.165) is 52.3 Å². The lowest BCUT2D eigenvalue weighted by Gasteiger charge is -2.12. The van der Waals surface area contributed by atoms with Gasteiger partial charge in [0.05, 0.1) is 16.9 Å². The summed E-state index contributed by atoms with van der Waals surface area (Å²) in [6.45, 7) is 5.27. The van der Waals surface area contributed by atoms with Crippen LogP contribution < -0.4 is 11.1 Å². The highest BCUT2D eigenvalue weighted by atomic mass is 32.1. The van der Waals surface area contributed by atoms with Crippen molar-refractivity contribution in [3.05, 3.63) is 69.4 Å². The number of amides is 2. The summed E-state index contributed by atoms with van der Waals surface area (Å²) in [6, 6.07) is 9.70. The summed E-state index contributed by atoms with van der Waals surface area (Å²) in [5, 5.41) is 7.67. The molecule has 0 spiro atoms. The van der Waals surface area contributed by atoms with Crippen molar-refractivity contribution in [2.45, 2.75) is 46.1 Å². The zero-order chi connectivity index (χ0) is 24.4. The average molecular weight is 479 g/mol. The Kier molecular flexibility index (Phi) is 6.65. The first-order valence-electron chi connectivity index (χ1n) is 11.0. The molecule has 1 aliphatic carbocycles. The van der Waals surface area contributed by atoms with Crippen LogP contribution in [0.4, 0.5) is 5.00 Å². The molecule has 8 nitrogen and oxygen atoms in total. The largest absolute Gasteiger partial charge is 0.449 e. The van der Waals surface area contributed by atoms with Crippen LogP contribution in [0.3, 0.4) is 0 Å². The van der Waals surface area contributed by atoms with E-state index >= 15 is 0 Å². The van der Waals surface area contributed by atoms with Crippen molar-refractivity contribution in [1.82, 2.24) is 9.78 Å². The van der Waals surface area contributed by atoms with Gasteiger partial charge in [0.1, 0.15) is 5.00 Å². The SMILES string of the molecule is Cc1nn(-c2ccccc2)c(C)c1/C=C/C(=O)OC(C)C(=O)Nc1sc2c(c1C(N)=O)CCC2. The van der Waals surface area contributed by atoms with Gasteiger partial charge in [-0.05, 0) is 63.8 Å². The molecular formula is C25H26N4O4S. The van der Waals surface area contributed by atoms with Gasteiger partial charge in [-0.1, -0.05) is 18.2 Å². The van der Waals surface area contributed by atoms with E-state index in [1.165, 1.54) is 24.3 Å². The van der Waals surface area contributed by atoms with Gasteiger partial charge in [0.15, 0.2) is 6.10 Å². The molecule has 9 heteroatoms. The van der Waals surface area contributed by atoms with Gasteiger partial charge in [-0.2, -0.15) is 5.10 Å². The normalized spacial score (nSPS) is 13.6. The topological polar surface area (TPSA) is 116 Å². The summed E-state index contributed by atoms with van der Waals surface area (Å²) >= 11 is 1.36. The second-order valence-electron chi connectivity index (χ2n) is 8.16. The number of hydrogen-bond donors (Lipinski definition) is 2. The number of nitrogens with one attached hydrogen (secondary N) is 1. The smallest absolute Gasteiger partial charge is 0.331 e. The number of carbonyl (C=O) groups is 3. The van der Waals surface area contributed by atoms with Gasteiger partial charge in [-0.15, -0.1) is 11.3 Å². The van der Waals surface area contributed by atoms with Crippen molar-refractivity contribution in [2.75, 3.05) is 5.32 Å². The van der Waals surface area contributed by atoms with Gasteiger partial charge in [0, 0.05) is 22.2 Å². The maximum Gasteiger partial charge on any atom is 0.331 e. The first-order valence-corrected chi connectivity index (χ1v) is 11.8. The van der Waals surface area contributed by atoms with Gasteiger partial charge < -0.3 is 15.8 Å². The van der Waals surface area contributed by atoms with Crippen LogP contribution in [0.1, 0.15) is 51.1 Å². The van der Waals surface area contributed by atoms with E-state index in [-0.39, 0.29) is 0 Å². The van der Waals surface area contributed by atoms with E-state index < -0.39 is 23.9 Å². The number of nitrogens with zero attached hydrogens (tertiary/aromatic N) is 2. The number of primary amides is 1. The minimum absolute atomic E-state index is 0.366. The van der Waals surface area contributed by atoms with Crippen molar-refractivity contribution in [1.29, 1.82) is 0 Å². The number of ether oxygens (including phenoxy) is 1. The molecule has 1 aliphatic rings. The number of fused-ring (bicyclic) bond motifs is 1. The van der Waals surface area contributed by atoms with Gasteiger partial charge >= 0.3 is 5.97 Å². The number of rotatable bonds is 7. The molecule has 0 bridgehead atoms. The van der Waals surface area contributed by atoms with Crippen LogP contribution in [0.2, 0.25) is 0 Å². The minimum Gasteiger partial charge on any atom is -0.449 e. The molecule has 0 aliphatic heterocycles. The first kappa shape index (κ1) is 23.4. The number of hydrogen-bond acceptors (Lipinski definition) is 6. The first-order chi connectivity index (χ1) is 16.3. The number of aryl methyl sites for hydroxylation is 2. The molecule has 4 rings (SSSR count). The number of nitrogens with two attached hydrogens (primary N) is 1. The highest BCUT2D eigenvalue weighted by molar-refractivity contribution is 7.17. The van der Waals surface area contributed by atoms with E-state index in [9.17, 15) is 14.4 Å². The monoisotopic (exact) mass is 478 g/mol. The third-order valence-electron chi connectivity index (χ3n) is 5.80. The number of thiophene rings is 1. The summed E-state index contributed by atoms with van der Waals surface area (Å²) in [5.41, 5.74) is 10.2. The van der Waals surface area contributed by atoms with E-state index in [2.05, 4.69) is 10.4 Å².